The van der Waals surface area contributed by atoms with E-state index in [1.54, 1.807) is 6.08 Å². The average Bonchev–Trinajstić information content (AvgIpc) is 2.78. The summed E-state index contributed by atoms with van der Waals surface area (Å²) in [6.45, 7) is 11.1. The van der Waals surface area contributed by atoms with Gasteiger partial charge in [0.1, 0.15) is 0 Å². The molecule has 0 bridgehead atoms. The molecule has 0 aromatic rings. The van der Waals surface area contributed by atoms with Crippen LogP contribution < -0.4 is 0 Å². The highest BCUT2D eigenvalue weighted by atomic mass is 16.5. The molecule has 0 unspecified atom stereocenters. The third-order valence-corrected chi connectivity index (χ3v) is 5.04. The van der Waals surface area contributed by atoms with Crippen molar-refractivity contribution in [3.63, 3.8) is 0 Å². The van der Waals surface area contributed by atoms with E-state index >= 15 is 0 Å². The van der Waals surface area contributed by atoms with Gasteiger partial charge in [-0.2, -0.15) is 0 Å². The zero-order valence-corrected chi connectivity index (χ0v) is 14.6. The van der Waals surface area contributed by atoms with Gasteiger partial charge in [0.2, 0.25) is 0 Å². The van der Waals surface area contributed by atoms with Crippen LogP contribution in [-0.4, -0.2) is 23.4 Å². The molecule has 2 nitrogen and oxygen atoms in total. The van der Waals surface area contributed by atoms with Crippen LogP contribution in [0.2, 0.25) is 0 Å². The van der Waals surface area contributed by atoms with Crippen molar-refractivity contribution in [2.45, 2.75) is 65.6 Å². The van der Waals surface area contributed by atoms with Crippen LogP contribution in [0.15, 0.2) is 47.1 Å². The van der Waals surface area contributed by atoms with Crippen LogP contribution in [0.3, 0.4) is 0 Å². The third-order valence-electron chi connectivity index (χ3n) is 5.04. The minimum absolute atomic E-state index is 0.0854. The Morgan fingerprint density at radius 2 is 2.05 bits per heavy atom. The molecule has 2 heteroatoms. The first kappa shape index (κ1) is 17.2. The zero-order chi connectivity index (χ0) is 16.4. The third kappa shape index (κ3) is 3.61. The van der Waals surface area contributed by atoms with Gasteiger partial charge in [0.15, 0.2) is 0 Å². The number of aliphatic hydroxyl groups is 1. The number of rotatable bonds is 4. The zero-order valence-electron chi connectivity index (χ0n) is 14.6. The van der Waals surface area contributed by atoms with Crippen LogP contribution >= 0.6 is 0 Å². The Bertz CT molecular complexity index is 534. The molecule has 0 aromatic carbocycles. The molecule has 0 radical (unpaired) electrons. The highest BCUT2D eigenvalue weighted by Gasteiger charge is 2.47. The molecule has 122 valence electrons. The van der Waals surface area contributed by atoms with Crippen LogP contribution in [-0.2, 0) is 4.74 Å². The van der Waals surface area contributed by atoms with E-state index in [0.29, 0.717) is 0 Å². The minimum Gasteiger partial charge on any atom is -0.392 e. The second kappa shape index (κ2) is 6.55. The van der Waals surface area contributed by atoms with E-state index in [2.05, 4.69) is 39.8 Å². The van der Waals surface area contributed by atoms with E-state index in [-0.39, 0.29) is 23.7 Å². The lowest BCUT2D eigenvalue weighted by atomic mass is 9.67. The molecule has 1 N–H and O–H groups in total. The van der Waals surface area contributed by atoms with Crippen LogP contribution in [0, 0.1) is 5.41 Å². The molecule has 2 rings (SSSR count). The summed E-state index contributed by atoms with van der Waals surface area (Å²) in [5.41, 5.74) is 3.94. The van der Waals surface area contributed by atoms with Crippen LogP contribution in [0.5, 0.6) is 0 Å². The average molecular weight is 302 g/mol. The van der Waals surface area contributed by atoms with Gasteiger partial charge in [0.25, 0.3) is 0 Å². The predicted molar refractivity (Wildman–Crippen MR) is 92.7 cm³/mol. The molecule has 2 aliphatic rings. The van der Waals surface area contributed by atoms with Crippen LogP contribution in [0.4, 0.5) is 0 Å². The summed E-state index contributed by atoms with van der Waals surface area (Å²) >= 11 is 0. The largest absolute Gasteiger partial charge is 0.392 e. The van der Waals surface area contributed by atoms with E-state index < -0.39 is 0 Å². The van der Waals surface area contributed by atoms with Gasteiger partial charge in [-0.05, 0) is 62.7 Å². The van der Waals surface area contributed by atoms with Gasteiger partial charge in [-0.25, -0.2) is 0 Å². The summed E-state index contributed by atoms with van der Waals surface area (Å²) in [6.07, 6.45) is 14.0. The minimum atomic E-state index is -0.0854. The summed E-state index contributed by atoms with van der Waals surface area (Å²) in [6, 6.07) is 0. The van der Waals surface area contributed by atoms with Crippen molar-refractivity contribution >= 4 is 0 Å². The molecule has 1 saturated carbocycles. The summed E-state index contributed by atoms with van der Waals surface area (Å²) in [7, 11) is 0. The molecule has 0 spiro atoms. The van der Waals surface area contributed by atoms with E-state index in [1.807, 2.05) is 19.1 Å². The molecular formula is C20H30O2. The summed E-state index contributed by atoms with van der Waals surface area (Å²) in [5.74, 6) is 0. The number of hydrogen-bond acceptors (Lipinski definition) is 2. The predicted octanol–water partition coefficient (Wildman–Crippen LogP) is 4.72. The fourth-order valence-electron chi connectivity index (χ4n) is 3.73. The molecule has 2 atom stereocenters. The van der Waals surface area contributed by atoms with Gasteiger partial charge in [-0.15, -0.1) is 0 Å². The first-order valence-corrected chi connectivity index (χ1v) is 8.31. The molecule has 0 saturated heterocycles. The van der Waals surface area contributed by atoms with Crippen molar-refractivity contribution in [2.75, 3.05) is 6.61 Å². The standard InChI is InChI=1S/C20H30O2/c1-15(10-13-21)8-6-9-16(2)17-14-18-19(3,4)11-7-12-20(18,5)22-17/h6,8-10,14,17,21H,7,11-13H2,1-5H3/b8-6+,15-10+,16-9+/t17-,20-/m1/s1. The molecule has 1 aliphatic carbocycles. The van der Waals surface area contributed by atoms with E-state index in [0.717, 1.165) is 12.0 Å². The molecule has 0 amide bonds. The van der Waals surface area contributed by atoms with Gasteiger partial charge in [0.05, 0.1) is 18.3 Å². The quantitative estimate of drug-likeness (QED) is 0.601. The Hall–Kier alpha value is -1.12. The summed E-state index contributed by atoms with van der Waals surface area (Å²) in [5, 5.41) is 8.86. The number of allylic oxidation sites excluding steroid dienone is 4. The van der Waals surface area contributed by atoms with Crippen molar-refractivity contribution in [1.82, 2.24) is 0 Å². The number of aliphatic hydroxyl groups excluding tert-OH is 1. The van der Waals surface area contributed by atoms with Gasteiger partial charge in [-0.3, -0.25) is 0 Å². The highest BCUT2D eigenvalue weighted by Crippen LogP contribution is 2.51. The van der Waals surface area contributed by atoms with Gasteiger partial charge in [0, 0.05) is 0 Å². The normalized spacial score (nSPS) is 32.3. The lowest BCUT2D eigenvalue weighted by Crippen LogP contribution is -2.39. The Kier molecular flexibility index (Phi) is 5.14. The number of fused-ring (bicyclic) bond motifs is 1. The lowest BCUT2D eigenvalue weighted by molar-refractivity contribution is -0.0307. The second-order valence-electron chi connectivity index (χ2n) is 7.49. The maximum atomic E-state index is 8.86. The van der Waals surface area contributed by atoms with Crippen LogP contribution in [0.1, 0.15) is 53.9 Å². The Morgan fingerprint density at radius 1 is 1.32 bits per heavy atom. The van der Waals surface area contributed by atoms with Gasteiger partial charge < -0.3 is 9.84 Å². The lowest BCUT2D eigenvalue weighted by Gasteiger charge is -2.42. The Morgan fingerprint density at radius 3 is 2.68 bits per heavy atom. The number of hydrogen-bond donors (Lipinski definition) is 1. The SMILES string of the molecule is CC(/C=C/C=C(\C)[C@H]1C=C2C(C)(C)CCC[C@@]2(C)O1)=C\CO. The fourth-order valence-corrected chi connectivity index (χ4v) is 3.73. The molecular weight excluding hydrogens is 272 g/mol. The molecule has 1 fully saturated rings. The fraction of sp³-hybridized carbons (Fsp3) is 0.600. The second-order valence-corrected chi connectivity index (χ2v) is 7.49. The Labute approximate surface area is 135 Å². The van der Waals surface area contributed by atoms with Gasteiger partial charge >= 0.3 is 0 Å². The number of ether oxygens (including phenoxy) is 1. The molecule has 1 heterocycles. The maximum Gasteiger partial charge on any atom is 0.0982 e. The monoisotopic (exact) mass is 302 g/mol. The molecule has 0 aromatic heterocycles. The van der Waals surface area contributed by atoms with Crippen LogP contribution in [0.25, 0.3) is 0 Å². The van der Waals surface area contributed by atoms with Crippen molar-refractivity contribution in [1.29, 1.82) is 0 Å². The summed E-state index contributed by atoms with van der Waals surface area (Å²) < 4.78 is 6.41. The topological polar surface area (TPSA) is 29.5 Å². The Balaban J connectivity index is 2.14. The van der Waals surface area contributed by atoms with Crippen molar-refractivity contribution in [2.24, 2.45) is 5.41 Å². The van der Waals surface area contributed by atoms with Crippen molar-refractivity contribution in [3.8, 4) is 0 Å². The first-order valence-electron chi connectivity index (χ1n) is 8.31. The van der Waals surface area contributed by atoms with E-state index in [9.17, 15) is 0 Å². The van der Waals surface area contributed by atoms with Crippen molar-refractivity contribution in [3.05, 3.63) is 47.1 Å². The maximum absolute atomic E-state index is 8.86. The first-order chi connectivity index (χ1) is 10.3. The molecule has 22 heavy (non-hydrogen) atoms. The smallest absolute Gasteiger partial charge is 0.0982 e. The highest BCUT2D eigenvalue weighted by molar-refractivity contribution is 5.36. The summed E-state index contributed by atoms with van der Waals surface area (Å²) in [4.78, 5) is 0. The van der Waals surface area contributed by atoms with E-state index in [4.69, 9.17) is 9.84 Å². The van der Waals surface area contributed by atoms with Gasteiger partial charge in [-0.1, -0.05) is 43.7 Å². The van der Waals surface area contributed by atoms with E-state index in [1.165, 1.54) is 24.0 Å². The van der Waals surface area contributed by atoms with Crippen molar-refractivity contribution < 1.29 is 9.84 Å². The molecule has 1 aliphatic heterocycles.